The summed E-state index contributed by atoms with van der Waals surface area (Å²) in [5, 5.41) is 12.0. The first kappa shape index (κ1) is 14.9. The van der Waals surface area contributed by atoms with Gasteiger partial charge < -0.3 is 15.3 Å². The van der Waals surface area contributed by atoms with Gasteiger partial charge in [0.25, 0.3) is 0 Å². The Labute approximate surface area is 136 Å². The summed E-state index contributed by atoms with van der Waals surface area (Å²) in [5.74, 6) is -3.03. The molecule has 3 aliphatic rings. The molecule has 1 aromatic rings. The number of allylic oxidation sites excluding steroid dienone is 1. The number of benzene rings is 1. The molecule has 0 saturated heterocycles. The van der Waals surface area contributed by atoms with Gasteiger partial charge >= 0.3 is 5.97 Å². The molecule has 1 amide bonds. The molecule has 4 rings (SSSR count). The zero-order chi connectivity index (χ0) is 17.2. The van der Waals surface area contributed by atoms with Gasteiger partial charge in [-0.05, 0) is 30.4 Å². The molecule has 0 radical (unpaired) electrons. The molecule has 7 heteroatoms. The van der Waals surface area contributed by atoms with Crippen LogP contribution in [0.25, 0.3) is 0 Å². The molecule has 6 nitrogen and oxygen atoms in total. The first-order chi connectivity index (χ1) is 11.4. The molecule has 124 valence electrons. The third-order valence-corrected chi connectivity index (χ3v) is 4.85. The van der Waals surface area contributed by atoms with Crippen LogP contribution in [0.5, 0.6) is 0 Å². The molecule has 1 unspecified atom stereocenters. The number of amides is 1. The molecular formula is C17H15FN2O4. The van der Waals surface area contributed by atoms with Crippen molar-refractivity contribution in [2.45, 2.75) is 18.8 Å². The van der Waals surface area contributed by atoms with E-state index in [9.17, 15) is 23.9 Å². The van der Waals surface area contributed by atoms with Gasteiger partial charge in [0.1, 0.15) is 11.4 Å². The number of hydrogen-bond donors (Lipinski definition) is 2. The number of nitrogens with one attached hydrogen (secondary N) is 1. The number of anilines is 2. The van der Waals surface area contributed by atoms with Gasteiger partial charge in [0, 0.05) is 18.5 Å². The van der Waals surface area contributed by atoms with E-state index in [4.69, 9.17) is 0 Å². The average Bonchev–Trinajstić information content (AvgIpc) is 3.31. The van der Waals surface area contributed by atoms with E-state index in [1.54, 1.807) is 7.05 Å². The number of nitrogens with zero attached hydrogens (tertiary/aromatic N) is 1. The molecule has 1 heterocycles. The summed E-state index contributed by atoms with van der Waals surface area (Å²) >= 11 is 0. The van der Waals surface area contributed by atoms with E-state index in [-0.39, 0.29) is 41.1 Å². The Morgan fingerprint density at radius 2 is 2.08 bits per heavy atom. The van der Waals surface area contributed by atoms with Crippen LogP contribution < -0.4 is 10.2 Å². The summed E-state index contributed by atoms with van der Waals surface area (Å²) in [5.41, 5.74) is 0.811. The lowest BCUT2D eigenvalue weighted by Gasteiger charge is -2.33. The third-order valence-electron chi connectivity index (χ3n) is 4.85. The van der Waals surface area contributed by atoms with Crippen LogP contribution in [0.15, 0.2) is 17.7 Å². The van der Waals surface area contributed by atoms with Crippen LogP contribution in [0.2, 0.25) is 0 Å². The second-order valence-corrected chi connectivity index (χ2v) is 6.53. The van der Waals surface area contributed by atoms with Crippen molar-refractivity contribution in [3.05, 3.63) is 34.7 Å². The van der Waals surface area contributed by atoms with Gasteiger partial charge in [0.05, 0.1) is 17.9 Å². The summed E-state index contributed by atoms with van der Waals surface area (Å²) in [4.78, 5) is 37.3. The Morgan fingerprint density at radius 1 is 1.38 bits per heavy atom. The van der Waals surface area contributed by atoms with E-state index < -0.39 is 17.6 Å². The van der Waals surface area contributed by atoms with Gasteiger partial charge in [-0.1, -0.05) is 6.08 Å². The van der Waals surface area contributed by atoms with Gasteiger partial charge in [-0.2, -0.15) is 0 Å². The van der Waals surface area contributed by atoms with Gasteiger partial charge in [0.2, 0.25) is 11.7 Å². The van der Waals surface area contributed by atoms with E-state index in [2.05, 4.69) is 5.32 Å². The first-order valence-electron chi connectivity index (χ1n) is 7.75. The number of carboxylic acids is 1. The van der Waals surface area contributed by atoms with Crippen LogP contribution in [0.3, 0.4) is 0 Å². The van der Waals surface area contributed by atoms with Gasteiger partial charge in [-0.15, -0.1) is 0 Å². The topological polar surface area (TPSA) is 86.7 Å². The highest BCUT2D eigenvalue weighted by Crippen LogP contribution is 2.52. The van der Waals surface area contributed by atoms with E-state index >= 15 is 0 Å². The number of ketones is 1. The monoisotopic (exact) mass is 330 g/mol. The zero-order valence-electron chi connectivity index (χ0n) is 12.9. The van der Waals surface area contributed by atoms with Crippen LogP contribution >= 0.6 is 0 Å². The van der Waals surface area contributed by atoms with E-state index in [1.807, 2.05) is 0 Å². The number of carbonyl (C=O) groups is 3. The maximum atomic E-state index is 14.6. The quantitative estimate of drug-likeness (QED) is 0.809. The zero-order valence-corrected chi connectivity index (χ0v) is 12.9. The van der Waals surface area contributed by atoms with Gasteiger partial charge in [-0.3, -0.25) is 9.59 Å². The van der Waals surface area contributed by atoms with Gasteiger partial charge in [-0.25, -0.2) is 9.18 Å². The van der Waals surface area contributed by atoms with Crippen LogP contribution in [0.4, 0.5) is 15.8 Å². The van der Waals surface area contributed by atoms with Crippen LogP contribution in [0.1, 0.15) is 34.7 Å². The minimum atomic E-state index is -1.31. The summed E-state index contributed by atoms with van der Waals surface area (Å²) < 4.78 is 14.6. The second kappa shape index (κ2) is 4.90. The average molecular weight is 330 g/mol. The lowest BCUT2D eigenvalue weighted by Crippen LogP contribution is -2.38. The standard InChI is InChI=1S/C17H15FN2O4/c1-20-6-12(21)19-14-13-8(7-2-3-7)4-10(17(23)24)16(22)9(13)5-11(18)15(14)20/h4-5,7-8H,2-3,6H2,1H3,(H,19,21)(H,23,24). The van der Waals surface area contributed by atoms with E-state index in [0.29, 0.717) is 11.3 Å². The largest absolute Gasteiger partial charge is 0.478 e. The molecule has 1 saturated carbocycles. The minimum absolute atomic E-state index is 0.0287. The Hall–Kier alpha value is -2.70. The number of halogens is 1. The summed E-state index contributed by atoms with van der Waals surface area (Å²) in [6.45, 7) is 0.0287. The maximum absolute atomic E-state index is 14.6. The second-order valence-electron chi connectivity index (χ2n) is 6.53. The Kier molecular flexibility index (Phi) is 3.03. The lowest BCUT2D eigenvalue weighted by molar-refractivity contribution is -0.132. The number of hydrogen-bond acceptors (Lipinski definition) is 4. The van der Waals surface area contributed by atoms with Crippen molar-refractivity contribution in [3.8, 4) is 0 Å². The normalized spacial score (nSPS) is 22.5. The Bertz CT molecular complexity index is 841. The smallest absolute Gasteiger partial charge is 0.339 e. The van der Waals surface area contributed by atoms with Crippen molar-refractivity contribution in [3.63, 3.8) is 0 Å². The molecule has 1 aliphatic heterocycles. The van der Waals surface area contributed by atoms with Gasteiger partial charge in [0.15, 0.2) is 0 Å². The highest BCUT2D eigenvalue weighted by atomic mass is 19.1. The SMILES string of the molecule is CN1CC(=O)Nc2c3c(cc(F)c21)C(=O)C(C(=O)O)=CC3C1CC1. The fraction of sp³-hybridized carbons (Fsp3) is 0.353. The predicted octanol–water partition coefficient (Wildman–Crippen LogP) is 1.91. The number of rotatable bonds is 2. The summed E-state index contributed by atoms with van der Waals surface area (Å²) in [6, 6.07) is 1.11. The summed E-state index contributed by atoms with van der Waals surface area (Å²) in [6.07, 6.45) is 3.29. The lowest BCUT2D eigenvalue weighted by atomic mass is 9.78. The first-order valence-corrected chi connectivity index (χ1v) is 7.75. The molecule has 0 aromatic heterocycles. The highest BCUT2D eigenvalue weighted by molar-refractivity contribution is 6.26. The number of aliphatic carboxylic acids is 1. The number of likely N-dealkylation sites (N-methyl/N-ethyl adjacent to an activating group) is 1. The molecule has 0 bridgehead atoms. The van der Waals surface area contributed by atoms with Crippen molar-refractivity contribution in [2.75, 3.05) is 23.8 Å². The van der Waals surface area contributed by atoms with Crippen molar-refractivity contribution in [1.82, 2.24) is 0 Å². The maximum Gasteiger partial charge on any atom is 0.339 e. The van der Waals surface area contributed by atoms with Crippen molar-refractivity contribution in [1.29, 1.82) is 0 Å². The molecular weight excluding hydrogens is 315 g/mol. The van der Waals surface area contributed by atoms with Crippen LogP contribution in [-0.4, -0.2) is 36.4 Å². The van der Waals surface area contributed by atoms with E-state index in [0.717, 1.165) is 18.9 Å². The fourth-order valence-electron chi connectivity index (χ4n) is 3.64. The fourth-order valence-corrected chi connectivity index (χ4v) is 3.64. The number of Topliss-reactive ketones (excluding diaryl/α,β-unsaturated/α-hetero) is 1. The number of carbonyl (C=O) groups excluding carboxylic acids is 2. The molecule has 1 aromatic carbocycles. The Morgan fingerprint density at radius 3 is 2.71 bits per heavy atom. The van der Waals surface area contributed by atoms with Crippen molar-refractivity contribution >= 4 is 29.0 Å². The van der Waals surface area contributed by atoms with Crippen LogP contribution in [0, 0.1) is 11.7 Å². The molecule has 2 N–H and O–H groups in total. The highest BCUT2D eigenvalue weighted by Gasteiger charge is 2.42. The van der Waals surface area contributed by atoms with Crippen LogP contribution in [-0.2, 0) is 9.59 Å². The minimum Gasteiger partial charge on any atom is -0.478 e. The Balaban J connectivity index is 1.99. The molecule has 1 atom stereocenters. The summed E-state index contributed by atoms with van der Waals surface area (Å²) in [7, 11) is 1.61. The number of fused-ring (bicyclic) bond motifs is 3. The van der Waals surface area contributed by atoms with Crippen molar-refractivity contribution < 1.29 is 23.9 Å². The molecule has 24 heavy (non-hydrogen) atoms. The molecule has 1 fully saturated rings. The number of carboxylic acid groups (broad SMARTS) is 1. The van der Waals surface area contributed by atoms with Crippen molar-refractivity contribution in [2.24, 2.45) is 5.92 Å². The predicted molar refractivity (Wildman–Crippen MR) is 83.8 cm³/mol. The molecule has 0 spiro atoms. The molecule has 2 aliphatic carbocycles. The third kappa shape index (κ3) is 2.04. The van der Waals surface area contributed by atoms with E-state index in [1.165, 1.54) is 11.0 Å².